The van der Waals surface area contributed by atoms with E-state index in [2.05, 4.69) is 21.7 Å². The lowest BCUT2D eigenvalue weighted by atomic mass is 10.1. The maximum Gasteiger partial charge on any atom is 0.274 e. The van der Waals surface area contributed by atoms with Crippen LogP contribution in [0.2, 0.25) is 0 Å². The Kier molecular flexibility index (Phi) is 4.85. The number of benzene rings is 2. The second-order valence-corrected chi connectivity index (χ2v) is 6.75. The van der Waals surface area contributed by atoms with Gasteiger partial charge in [0.1, 0.15) is 18.9 Å². The van der Waals surface area contributed by atoms with Crippen molar-refractivity contribution in [2.24, 2.45) is 0 Å². The molecule has 0 fully saturated rings. The Labute approximate surface area is 163 Å². The van der Waals surface area contributed by atoms with Crippen LogP contribution in [-0.2, 0) is 0 Å². The molecular formula is C22H21N3O3. The Morgan fingerprint density at radius 2 is 1.57 bits per heavy atom. The molecule has 6 nitrogen and oxygen atoms in total. The Balaban J connectivity index is 1.44. The van der Waals surface area contributed by atoms with Gasteiger partial charge < -0.3 is 20.1 Å². The fraction of sp³-hybridized carbons (Fsp3) is 0.182. The van der Waals surface area contributed by atoms with Gasteiger partial charge >= 0.3 is 0 Å². The molecule has 2 N–H and O–H groups in total. The van der Waals surface area contributed by atoms with Crippen LogP contribution in [0, 0.1) is 13.8 Å². The van der Waals surface area contributed by atoms with Gasteiger partial charge in [-0.3, -0.25) is 4.79 Å². The van der Waals surface area contributed by atoms with Gasteiger partial charge in [-0.1, -0.05) is 6.07 Å². The first kappa shape index (κ1) is 17.9. The number of fused-ring (bicyclic) bond motifs is 1. The molecule has 0 atom stereocenters. The van der Waals surface area contributed by atoms with Crippen molar-refractivity contribution in [3.05, 3.63) is 71.5 Å². The van der Waals surface area contributed by atoms with E-state index in [1.54, 1.807) is 12.3 Å². The summed E-state index contributed by atoms with van der Waals surface area (Å²) in [4.78, 5) is 16.7. The van der Waals surface area contributed by atoms with E-state index in [0.717, 1.165) is 33.9 Å². The van der Waals surface area contributed by atoms with Crippen LogP contribution in [0.3, 0.4) is 0 Å². The molecule has 0 saturated carbocycles. The van der Waals surface area contributed by atoms with Gasteiger partial charge in [0.25, 0.3) is 5.91 Å². The topological polar surface area (TPSA) is 72.5 Å². The van der Waals surface area contributed by atoms with Crippen LogP contribution in [0.1, 0.15) is 21.6 Å². The number of aryl methyl sites for hydroxylation is 2. The maximum absolute atomic E-state index is 12.4. The molecule has 0 unspecified atom stereocenters. The molecule has 0 saturated heterocycles. The summed E-state index contributed by atoms with van der Waals surface area (Å²) in [6.07, 6.45) is 1.63. The van der Waals surface area contributed by atoms with Crippen molar-refractivity contribution in [3.63, 3.8) is 0 Å². The number of anilines is 3. The van der Waals surface area contributed by atoms with E-state index >= 15 is 0 Å². The maximum atomic E-state index is 12.4. The summed E-state index contributed by atoms with van der Waals surface area (Å²) in [5, 5.41) is 6.15. The molecule has 0 spiro atoms. The fourth-order valence-electron chi connectivity index (χ4n) is 3.13. The van der Waals surface area contributed by atoms with Crippen molar-refractivity contribution in [1.82, 2.24) is 4.98 Å². The van der Waals surface area contributed by atoms with Crippen LogP contribution in [0.5, 0.6) is 11.5 Å². The van der Waals surface area contributed by atoms with Crippen LogP contribution in [0.25, 0.3) is 0 Å². The first-order valence-electron chi connectivity index (χ1n) is 9.09. The lowest BCUT2D eigenvalue weighted by Gasteiger charge is -2.19. The molecule has 1 aromatic heterocycles. The molecular weight excluding hydrogens is 354 g/mol. The zero-order valence-electron chi connectivity index (χ0n) is 15.8. The van der Waals surface area contributed by atoms with Crippen LogP contribution in [0.4, 0.5) is 17.1 Å². The van der Waals surface area contributed by atoms with Gasteiger partial charge in [-0.05, 0) is 61.4 Å². The Morgan fingerprint density at radius 3 is 2.29 bits per heavy atom. The molecule has 0 radical (unpaired) electrons. The Morgan fingerprint density at radius 1 is 0.857 bits per heavy atom. The van der Waals surface area contributed by atoms with Crippen molar-refractivity contribution >= 4 is 23.0 Å². The third-order valence-corrected chi connectivity index (χ3v) is 4.31. The highest BCUT2D eigenvalue weighted by molar-refractivity contribution is 6.03. The predicted molar refractivity (Wildman–Crippen MR) is 109 cm³/mol. The number of nitrogens with one attached hydrogen (secondary N) is 2. The zero-order valence-corrected chi connectivity index (χ0v) is 15.8. The number of carbonyl (C=O) groups excluding carboxylic acids is 1. The summed E-state index contributed by atoms with van der Waals surface area (Å²) in [5.74, 6) is 1.22. The number of nitrogens with zero attached hydrogens (tertiary/aromatic N) is 1. The molecule has 142 valence electrons. The van der Waals surface area contributed by atoms with Crippen molar-refractivity contribution in [2.75, 3.05) is 23.8 Å². The average Bonchev–Trinajstić information content (AvgIpc) is 2.67. The second-order valence-electron chi connectivity index (χ2n) is 6.75. The molecule has 2 aromatic carbocycles. The summed E-state index contributed by atoms with van der Waals surface area (Å²) in [5.41, 5.74) is 4.96. The molecule has 1 aliphatic heterocycles. The number of ether oxygens (including phenoxy) is 2. The van der Waals surface area contributed by atoms with Gasteiger partial charge in [-0.2, -0.15) is 0 Å². The van der Waals surface area contributed by atoms with Crippen LogP contribution in [-0.4, -0.2) is 24.1 Å². The minimum atomic E-state index is -0.240. The van der Waals surface area contributed by atoms with Crippen LogP contribution >= 0.6 is 0 Å². The monoisotopic (exact) mass is 375 g/mol. The molecule has 3 aromatic rings. The summed E-state index contributed by atoms with van der Waals surface area (Å²) >= 11 is 0. The zero-order chi connectivity index (χ0) is 19.5. The molecule has 1 amide bonds. The smallest absolute Gasteiger partial charge is 0.274 e. The van der Waals surface area contributed by atoms with E-state index in [4.69, 9.17) is 9.47 Å². The minimum absolute atomic E-state index is 0.240. The van der Waals surface area contributed by atoms with Crippen molar-refractivity contribution in [2.45, 2.75) is 13.8 Å². The second kappa shape index (κ2) is 7.60. The highest BCUT2D eigenvalue weighted by atomic mass is 16.6. The van der Waals surface area contributed by atoms with Gasteiger partial charge in [0.15, 0.2) is 11.5 Å². The number of rotatable bonds is 4. The number of aromatic nitrogens is 1. The Bertz CT molecular complexity index is 996. The number of carbonyl (C=O) groups is 1. The van der Waals surface area contributed by atoms with Crippen LogP contribution < -0.4 is 20.1 Å². The van der Waals surface area contributed by atoms with Gasteiger partial charge in [-0.25, -0.2) is 4.98 Å². The molecule has 28 heavy (non-hydrogen) atoms. The summed E-state index contributed by atoms with van der Waals surface area (Å²) in [6.45, 7) is 5.11. The number of hydrogen-bond acceptors (Lipinski definition) is 5. The van der Waals surface area contributed by atoms with Crippen LogP contribution in [0.15, 0.2) is 54.7 Å². The molecule has 2 heterocycles. The first-order chi connectivity index (χ1) is 13.6. The van der Waals surface area contributed by atoms with Crippen molar-refractivity contribution in [3.8, 4) is 11.5 Å². The largest absolute Gasteiger partial charge is 0.486 e. The number of amides is 1. The molecule has 6 heteroatoms. The highest BCUT2D eigenvalue weighted by Gasteiger charge is 2.12. The highest BCUT2D eigenvalue weighted by Crippen LogP contribution is 2.33. The van der Waals surface area contributed by atoms with Gasteiger partial charge in [0.05, 0.1) is 11.9 Å². The first-order valence-corrected chi connectivity index (χ1v) is 9.09. The van der Waals surface area contributed by atoms with E-state index in [1.807, 2.05) is 50.2 Å². The van der Waals surface area contributed by atoms with E-state index in [0.29, 0.717) is 24.7 Å². The van der Waals surface area contributed by atoms with Gasteiger partial charge in [0, 0.05) is 17.4 Å². The molecule has 0 aliphatic carbocycles. The average molecular weight is 375 g/mol. The minimum Gasteiger partial charge on any atom is -0.486 e. The van der Waals surface area contributed by atoms with Gasteiger partial charge in [0.2, 0.25) is 0 Å². The molecule has 1 aliphatic rings. The standard InChI is InChI=1S/C22H21N3O3/c1-14-9-15(2)11-18(10-14)25-22(26)19-5-3-17(13-23-19)24-16-4-6-20-21(12-16)28-8-7-27-20/h3-6,9-13,24H,7-8H2,1-2H3,(H,25,26). The Hall–Kier alpha value is -3.54. The summed E-state index contributed by atoms with van der Waals surface area (Å²) in [7, 11) is 0. The fourth-order valence-corrected chi connectivity index (χ4v) is 3.13. The van der Waals surface area contributed by atoms with E-state index in [1.165, 1.54) is 0 Å². The number of pyridine rings is 1. The van der Waals surface area contributed by atoms with E-state index in [-0.39, 0.29) is 5.91 Å². The van der Waals surface area contributed by atoms with Gasteiger partial charge in [-0.15, -0.1) is 0 Å². The molecule has 4 rings (SSSR count). The lowest BCUT2D eigenvalue weighted by Crippen LogP contribution is -2.15. The SMILES string of the molecule is Cc1cc(C)cc(NC(=O)c2ccc(Nc3ccc4c(c3)OCCO4)cn2)c1. The van der Waals surface area contributed by atoms with Crippen molar-refractivity contribution in [1.29, 1.82) is 0 Å². The van der Waals surface area contributed by atoms with E-state index in [9.17, 15) is 4.79 Å². The normalized spacial score (nSPS) is 12.4. The predicted octanol–water partition coefficient (Wildman–Crippen LogP) is 4.47. The number of hydrogen-bond donors (Lipinski definition) is 2. The summed E-state index contributed by atoms with van der Waals surface area (Å²) < 4.78 is 11.1. The van der Waals surface area contributed by atoms with E-state index < -0.39 is 0 Å². The third-order valence-electron chi connectivity index (χ3n) is 4.31. The molecule has 0 bridgehead atoms. The summed E-state index contributed by atoms with van der Waals surface area (Å²) in [6, 6.07) is 15.1. The quantitative estimate of drug-likeness (QED) is 0.704. The lowest BCUT2D eigenvalue weighted by molar-refractivity contribution is 0.102. The third kappa shape index (κ3) is 4.06. The van der Waals surface area contributed by atoms with Crippen molar-refractivity contribution < 1.29 is 14.3 Å².